The van der Waals surface area contributed by atoms with Crippen LogP contribution in [0.5, 0.6) is 0 Å². The van der Waals surface area contributed by atoms with Gasteiger partial charge in [0.15, 0.2) is 0 Å². The summed E-state index contributed by atoms with van der Waals surface area (Å²) in [5.74, 6) is 0.629. The van der Waals surface area contributed by atoms with Crippen molar-refractivity contribution >= 4 is 28.8 Å². The average molecular weight is 323 g/mol. The number of amides is 1. The number of nitrogens with zero attached hydrogens (tertiary/aromatic N) is 1. The number of carbonyl (C=O) groups is 1. The lowest BCUT2D eigenvalue weighted by atomic mass is 10.1. The quantitative estimate of drug-likeness (QED) is 0.867. The van der Waals surface area contributed by atoms with Crippen LogP contribution in [-0.2, 0) is 11.2 Å². The van der Waals surface area contributed by atoms with Crippen LogP contribution in [0.2, 0.25) is 5.02 Å². The summed E-state index contributed by atoms with van der Waals surface area (Å²) in [6, 6.07) is 7.56. The Kier molecular flexibility index (Phi) is 5.76. The second kappa shape index (κ2) is 7.57. The largest absolute Gasteiger partial charge is 0.356 e. The lowest BCUT2D eigenvalue weighted by Crippen LogP contribution is -2.26. The standard InChI is InChI=1S/C16H19ClN2OS/c1-11(2)7-8-18-15(20)9-14-10-21-16(19-14)12-3-5-13(17)6-4-12/h3-6,10-11H,7-9H2,1-2H3,(H,18,20). The van der Waals surface area contributed by atoms with E-state index in [4.69, 9.17) is 11.6 Å². The van der Waals surface area contributed by atoms with E-state index in [9.17, 15) is 4.79 Å². The van der Waals surface area contributed by atoms with E-state index in [1.54, 1.807) is 11.3 Å². The SMILES string of the molecule is CC(C)CCNC(=O)Cc1csc(-c2ccc(Cl)cc2)n1. The molecule has 3 nitrogen and oxygen atoms in total. The maximum atomic E-state index is 11.8. The molecule has 1 aromatic heterocycles. The predicted octanol–water partition coefficient (Wildman–Crippen LogP) is 4.17. The minimum atomic E-state index is 0.0311. The van der Waals surface area contributed by atoms with Crippen molar-refractivity contribution in [3.8, 4) is 10.6 Å². The number of halogens is 1. The van der Waals surface area contributed by atoms with E-state index in [1.165, 1.54) is 0 Å². The van der Waals surface area contributed by atoms with Crippen molar-refractivity contribution < 1.29 is 4.79 Å². The van der Waals surface area contributed by atoms with Crippen LogP contribution in [-0.4, -0.2) is 17.4 Å². The Hall–Kier alpha value is -1.39. The fourth-order valence-electron chi connectivity index (χ4n) is 1.84. The van der Waals surface area contributed by atoms with Crippen molar-refractivity contribution in [3.63, 3.8) is 0 Å². The fraction of sp³-hybridized carbons (Fsp3) is 0.375. The second-order valence-electron chi connectivity index (χ2n) is 5.36. The van der Waals surface area contributed by atoms with Gasteiger partial charge in [-0.1, -0.05) is 37.6 Å². The Morgan fingerprint density at radius 3 is 2.71 bits per heavy atom. The summed E-state index contributed by atoms with van der Waals surface area (Å²) in [6.45, 7) is 5.01. The number of aromatic nitrogens is 1. The molecule has 0 unspecified atom stereocenters. The average Bonchev–Trinajstić information content (AvgIpc) is 2.87. The van der Waals surface area contributed by atoms with Gasteiger partial charge >= 0.3 is 0 Å². The van der Waals surface area contributed by atoms with Gasteiger partial charge in [-0.05, 0) is 24.5 Å². The molecular formula is C16H19ClN2OS. The van der Waals surface area contributed by atoms with Crippen molar-refractivity contribution in [3.05, 3.63) is 40.4 Å². The van der Waals surface area contributed by atoms with E-state index in [0.29, 0.717) is 17.4 Å². The molecule has 1 aromatic carbocycles. The first-order valence-corrected chi connectivity index (χ1v) is 8.27. The van der Waals surface area contributed by atoms with Gasteiger partial charge in [-0.2, -0.15) is 0 Å². The topological polar surface area (TPSA) is 42.0 Å². The van der Waals surface area contributed by atoms with Gasteiger partial charge < -0.3 is 5.32 Å². The Bertz CT molecular complexity index is 593. The van der Waals surface area contributed by atoms with Crippen molar-refractivity contribution in [2.45, 2.75) is 26.7 Å². The third-order valence-corrected chi connectivity index (χ3v) is 4.22. The Balaban J connectivity index is 1.91. The van der Waals surface area contributed by atoms with E-state index in [0.717, 1.165) is 29.2 Å². The highest BCUT2D eigenvalue weighted by Crippen LogP contribution is 2.25. The van der Waals surface area contributed by atoms with E-state index in [1.807, 2.05) is 29.6 Å². The number of nitrogens with one attached hydrogen (secondary N) is 1. The molecule has 2 rings (SSSR count). The highest BCUT2D eigenvalue weighted by molar-refractivity contribution is 7.13. The lowest BCUT2D eigenvalue weighted by molar-refractivity contribution is -0.120. The number of carbonyl (C=O) groups excluding carboxylic acids is 1. The molecule has 0 atom stereocenters. The van der Waals surface area contributed by atoms with Crippen LogP contribution in [0.15, 0.2) is 29.6 Å². The van der Waals surface area contributed by atoms with Crippen LogP contribution in [0.1, 0.15) is 26.0 Å². The summed E-state index contributed by atoms with van der Waals surface area (Å²) in [5.41, 5.74) is 1.84. The van der Waals surface area contributed by atoms with Crippen molar-refractivity contribution in [2.75, 3.05) is 6.54 Å². The van der Waals surface area contributed by atoms with Gasteiger partial charge in [0.05, 0.1) is 12.1 Å². The van der Waals surface area contributed by atoms with Gasteiger partial charge in [0.25, 0.3) is 0 Å². The molecule has 112 valence electrons. The Morgan fingerprint density at radius 2 is 2.05 bits per heavy atom. The van der Waals surface area contributed by atoms with E-state index >= 15 is 0 Å². The van der Waals surface area contributed by atoms with Gasteiger partial charge in [-0.3, -0.25) is 4.79 Å². The molecule has 2 aromatic rings. The summed E-state index contributed by atoms with van der Waals surface area (Å²) < 4.78 is 0. The number of hydrogen-bond acceptors (Lipinski definition) is 3. The van der Waals surface area contributed by atoms with Crippen LogP contribution in [0.3, 0.4) is 0 Å². The lowest BCUT2D eigenvalue weighted by Gasteiger charge is -2.06. The van der Waals surface area contributed by atoms with Gasteiger partial charge in [0.1, 0.15) is 5.01 Å². The highest BCUT2D eigenvalue weighted by atomic mass is 35.5. The van der Waals surface area contributed by atoms with Crippen LogP contribution >= 0.6 is 22.9 Å². The van der Waals surface area contributed by atoms with Crippen molar-refractivity contribution in [1.29, 1.82) is 0 Å². The van der Waals surface area contributed by atoms with Crippen LogP contribution < -0.4 is 5.32 Å². The zero-order valence-corrected chi connectivity index (χ0v) is 13.8. The normalized spacial score (nSPS) is 10.9. The molecule has 1 N–H and O–H groups in total. The first kappa shape index (κ1) is 16.0. The molecule has 0 aliphatic carbocycles. The molecule has 0 bridgehead atoms. The van der Waals surface area contributed by atoms with E-state index < -0.39 is 0 Å². The third-order valence-electron chi connectivity index (χ3n) is 3.03. The predicted molar refractivity (Wildman–Crippen MR) is 88.7 cm³/mol. The maximum absolute atomic E-state index is 11.8. The molecular weight excluding hydrogens is 304 g/mol. The number of benzene rings is 1. The molecule has 0 spiro atoms. The summed E-state index contributed by atoms with van der Waals surface area (Å²) in [5, 5.41) is 6.49. The van der Waals surface area contributed by atoms with Crippen molar-refractivity contribution in [1.82, 2.24) is 10.3 Å². The summed E-state index contributed by atoms with van der Waals surface area (Å²) in [6.07, 6.45) is 1.33. The molecule has 0 saturated heterocycles. The molecule has 1 amide bonds. The molecule has 5 heteroatoms. The number of thiazole rings is 1. The van der Waals surface area contributed by atoms with E-state index in [-0.39, 0.29) is 5.91 Å². The van der Waals surface area contributed by atoms with Crippen LogP contribution in [0.25, 0.3) is 10.6 Å². The monoisotopic (exact) mass is 322 g/mol. The maximum Gasteiger partial charge on any atom is 0.226 e. The zero-order valence-electron chi connectivity index (χ0n) is 12.2. The summed E-state index contributed by atoms with van der Waals surface area (Å²) in [7, 11) is 0. The molecule has 0 radical (unpaired) electrons. The third kappa shape index (κ3) is 5.14. The molecule has 0 aliphatic rings. The Morgan fingerprint density at radius 1 is 1.33 bits per heavy atom. The molecule has 0 aliphatic heterocycles. The fourth-order valence-corrected chi connectivity index (χ4v) is 2.79. The summed E-state index contributed by atoms with van der Waals surface area (Å²) >= 11 is 7.42. The molecule has 1 heterocycles. The zero-order chi connectivity index (χ0) is 15.2. The molecule has 21 heavy (non-hydrogen) atoms. The van der Waals surface area contributed by atoms with Gasteiger partial charge in [0.2, 0.25) is 5.91 Å². The van der Waals surface area contributed by atoms with Gasteiger partial charge in [0, 0.05) is 22.5 Å². The number of hydrogen-bond donors (Lipinski definition) is 1. The van der Waals surface area contributed by atoms with Crippen LogP contribution in [0.4, 0.5) is 0 Å². The van der Waals surface area contributed by atoms with Crippen LogP contribution in [0, 0.1) is 5.92 Å². The van der Waals surface area contributed by atoms with Gasteiger partial charge in [-0.15, -0.1) is 11.3 Å². The Labute approximate surface area is 134 Å². The first-order valence-electron chi connectivity index (χ1n) is 7.01. The first-order chi connectivity index (χ1) is 10.0. The second-order valence-corrected chi connectivity index (χ2v) is 6.65. The smallest absolute Gasteiger partial charge is 0.226 e. The summed E-state index contributed by atoms with van der Waals surface area (Å²) in [4.78, 5) is 16.3. The minimum Gasteiger partial charge on any atom is -0.356 e. The van der Waals surface area contributed by atoms with E-state index in [2.05, 4.69) is 24.1 Å². The minimum absolute atomic E-state index is 0.0311. The highest BCUT2D eigenvalue weighted by Gasteiger charge is 2.09. The molecule has 0 fully saturated rings. The number of rotatable bonds is 6. The van der Waals surface area contributed by atoms with Gasteiger partial charge in [-0.25, -0.2) is 4.98 Å². The molecule has 0 saturated carbocycles. The van der Waals surface area contributed by atoms with Crippen molar-refractivity contribution in [2.24, 2.45) is 5.92 Å².